The fourth-order valence-corrected chi connectivity index (χ4v) is 3.14. The smallest absolute Gasteiger partial charge is 0.0955 e. The minimum atomic E-state index is -1.15. The molecule has 0 aliphatic carbocycles. The van der Waals surface area contributed by atoms with Gasteiger partial charge in [-0.25, -0.2) is 0 Å². The summed E-state index contributed by atoms with van der Waals surface area (Å²) in [6.45, 7) is 1.75. The number of nitrogens with zero attached hydrogens (tertiary/aromatic N) is 1. The zero-order valence-electron chi connectivity index (χ0n) is 12.0. The molecule has 5 heteroatoms. The molecule has 2 nitrogen and oxygen atoms in total. The lowest BCUT2D eigenvalue weighted by molar-refractivity contribution is 0.0268. The molecule has 0 fully saturated rings. The van der Waals surface area contributed by atoms with Crippen molar-refractivity contribution < 1.29 is 5.11 Å². The molecule has 1 aromatic heterocycles. The van der Waals surface area contributed by atoms with Gasteiger partial charge in [0.2, 0.25) is 0 Å². The van der Waals surface area contributed by atoms with E-state index in [0.717, 1.165) is 5.56 Å². The second-order valence-corrected chi connectivity index (χ2v) is 6.30. The van der Waals surface area contributed by atoms with Crippen LogP contribution in [0, 0.1) is 0 Å². The highest BCUT2D eigenvalue weighted by Crippen LogP contribution is 2.42. The van der Waals surface area contributed by atoms with E-state index in [9.17, 15) is 5.11 Å². The number of aliphatic hydroxyl groups is 1. The molecule has 2 atom stereocenters. The Labute approximate surface area is 145 Å². The number of benzene rings is 1. The molecule has 0 bridgehead atoms. The quantitative estimate of drug-likeness (QED) is 0.765. The molecule has 22 heavy (non-hydrogen) atoms. The van der Waals surface area contributed by atoms with E-state index in [4.69, 9.17) is 34.8 Å². The first-order valence-corrected chi connectivity index (χ1v) is 7.99. The molecular formula is C17H16Cl3NO. The Morgan fingerprint density at radius 2 is 2.09 bits per heavy atom. The minimum Gasteiger partial charge on any atom is -0.385 e. The molecule has 2 aromatic rings. The average molecular weight is 357 g/mol. The second-order valence-electron chi connectivity index (χ2n) is 5.21. The van der Waals surface area contributed by atoms with Crippen LogP contribution in [-0.2, 0) is 5.60 Å². The maximum atomic E-state index is 11.1. The molecule has 1 N–H and O–H groups in total. The van der Waals surface area contributed by atoms with E-state index in [1.54, 1.807) is 43.6 Å². The van der Waals surface area contributed by atoms with Crippen molar-refractivity contribution in [2.45, 2.75) is 24.9 Å². The van der Waals surface area contributed by atoms with E-state index >= 15 is 0 Å². The predicted molar refractivity (Wildman–Crippen MR) is 92.6 cm³/mol. The summed E-state index contributed by atoms with van der Waals surface area (Å²) in [7, 11) is 0. The lowest BCUT2D eigenvalue weighted by atomic mass is 9.77. The summed E-state index contributed by atoms with van der Waals surface area (Å²) in [4.78, 5) is 4.09. The number of allylic oxidation sites excluding steroid dienone is 1. The number of pyridine rings is 1. The van der Waals surface area contributed by atoms with Crippen LogP contribution in [-0.4, -0.2) is 10.1 Å². The van der Waals surface area contributed by atoms with Gasteiger partial charge in [-0.05, 0) is 37.1 Å². The normalized spacial score (nSPS) is 15.7. The van der Waals surface area contributed by atoms with E-state index in [1.165, 1.54) is 5.54 Å². The lowest BCUT2D eigenvalue weighted by Gasteiger charge is -2.33. The molecule has 116 valence electrons. The van der Waals surface area contributed by atoms with Crippen molar-refractivity contribution in [3.63, 3.8) is 0 Å². The summed E-state index contributed by atoms with van der Waals surface area (Å²) in [5.74, 6) is -0.281. The highest BCUT2D eigenvalue weighted by Gasteiger charge is 2.35. The molecule has 0 spiro atoms. The van der Waals surface area contributed by atoms with E-state index < -0.39 is 5.60 Å². The fraction of sp³-hybridized carbons (Fsp3) is 0.235. The first kappa shape index (κ1) is 17.3. The van der Waals surface area contributed by atoms with Crippen LogP contribution in [0.25, 0.3) is 0 Å². The predicted octanol–water partition coefficient (Wildman–Crippen LogP) is 5.52. The van der Waals surface area contributed by atoms with E-state index in [1.807, 2.05) is 12.1 Å². The topological polar surface area (TPSA) is 33.1 Å². The third-order valence-electron chi connectivity index (χ3n) is 3.72. The maximum absolute atomic E-state index is 11.1. The van der Waals surface area contributed by atoms with Crippen LogP contribution < -0.4 is 0 Å². The molecule has 1 heterocycles. The van der Waals surface area contributed by atoms with Crippen LogP contribution in [0.5, 0.6) is 0 Å². The molecular weight excluding hydrogens is 341 g/mol. The first-order valence-electron chi connectivity index (χ1n) is 6.80. The highest BCUT2D eigenvalue weighted by atomic mass is 35.5. The van der Waals surface area contributed by atoms with Crippen LogP contribution >= 0.6 is 34.8 Å². The number of hydrogen-bond donors (Lipinski definition) is 1. The molecule has 1 aromatic carbocycles. The Kier molecular flexibility index (Phi) is 5.87. The molecule has 0 saturated carbocycles. The van der Waals surface area contributed by atoms with Crippen LogP contribution in [0.4, 0.5) is 0 Å². The van der Waals surface area contributed by atoms with Gasteiger partial charge in [-0.2, -0.15) is 0 Å². The third-order valence-corrected chi connectivity index (χ3v) is 4.46. The Morgan fingerprint density at radius 1 is 1.32 bits per heavy atom. The van der Waals surface area contributed by atoms with Gasteiger partial charge in [0.05, 0.1) is 5.60 Å². The van der Waals surface area contributed by atoms with Crippen LogP contribution in [0.15, 0.2) is 54.3 Å². The van der Waals surface area contributed by atoms with Crippen molar-refractivity contribution in [3.8, 4) is 0 Å². The number of aromatic nitrogens is 1. The van der Waals surface area contributed by atoms with Gasteiger partial charge in [-0.3, -0.25) is 4.98 Å². The summed E-state index contributed by atoms with van der Waals surface area (Å²) in [6.07, 6.45) is 5.65. The Balaban J connectivity index is 2.50. The number of rotatable bonds is 5. The monoisotopic (exact) mass is 355 g/mol. The Morgan fingerprint density at radius 3 is 2.68 bits per heavy atom. The van der Waals surface area contributed by atoms with Gasteiger partial charge >= 0.3 is 0 Å². The molecule has 2 rings (SSSR count). The first-order chi connectivity index (χ1) is 10.5. The third kappa shape index (κ3) is 3.82. The SMILES string of the molecule is CC(O)(c1cccnc1)C(C/C=C\Cl)c1ccc(Cl)cc1Cl. The number of halogens is 3. The van der Waals surface area contributed by atoms with Gasteiger partial charge in [-0.1, -0.05) is 53.0 Å². The van der Waals surface area contributed by atoms with Crippen LogP contribution in [0.3, 0.4) is 0 Å². The largest absolute Gasteiger partial charge is 0.385 e. The maximum Gasteiger partial charge on any atom is 0.0955 e. The molecule has 0 saturated heterocycles. The van der Waals surface area contributed by atoms with Gasteiger partial charge in [0.25, 0.3) is 0 Å². The minimum absolute atomic E-state index is 0.281. The average Bonchev–Trinajstić information content (AvgIpc) is 2.50. The van der Waals surface area contributed by atoms with Crippen molar-refractivity contribution in [1.29, 1.82) is 0 Å². The van der Waals surface area contributed by atoms with Gasteiger partial charge in [0, 0.05) is 39.5 Å². The summed E-state index contributed by atoms with van der Waals surface area (Å²) < 4.78 is 0. The van der Waals surface area contributed by atoms with Crippen molar-refractivity contribution in [3.05, 3.63) is 75.5 Å². The Bertz CT molecular complexity index is 656. The van der Waals surface area contributed by atoms with Crippen molar-refractivity contribution in [2.75, 3.05) is 0 Å². The lowest BCUT2D eigenvalue weighted by Crippen LogP contribution is -2.30. The molecule has 0 radical (unpaired) electrons. The van der Waals surface area contributed by atoms with Gasteiger partial charge in [-0.15, -0.1) is 0 Å². The zero-order valence-corrected chi connectivity index (χ0v) is 14.3. The van der Waals surface area contributed by atoms with Crippen molar-refractivity contribution >= 4 is 34.8 Å². The zero-order chi connectivity index (χ0) is 16.2. The number of hydrogen-bond acceptors (Lipinski definition) is 2. The summed E-state index contributed by atoms with van der Waals surface area (Å²) in [5.41, 5.74) is 1.82. The second kappa shape index (κ2) is 7.47. The molecule has 2 unspecified atom stereocenters. The van der Waals surface area contributed by atoms with Gasteiger partial charge < -0.3 is 5.11 Å². The van der Waals surface area contributed by atoms with E-state index in [-0.39, 0.29) is 5.92 Å². The van der Waals surface area contributed by atoms with Crippen molar-refractivity contribution in [2.24, 2.45) is 0 Å². The molecule has 0 amide bonds. The van der Waals surface area contributed by atoms with Crippen LogP contribution in [0.1, 0.15) is 30.4 Å². The molecule has 0 aliphatic rings. The fourth-order valence-electron chi connectivity index (χ4n) is 2.49. The van der Waals surface area contributed by atoms with E-state index in [2.05, 4.69) is 4.98 Å². The van der Waals surface area contributed by atoms with Gasteiger partial charge in [0.15, 0.2) is 0 Å². The summed E-state index contributed by atoms with van der Waals surface area (Å²) in [5, 5.41) is 12.2. The Hall–Kier alpha value is -1.06. The standard InChI is InChI=1S/C17H16Cl3NO/c1-17(22,12-4-3-9-21-11-12)15(5-2-8-18)14-7-6-13(19)10-16(14)20/h2-4,6-11,15,22H,5H2,1H3/b8-2-. The summed E-state index contributed by atoms with van der Waals surface area (Å²) in [6, 6.07) is 8.91. The van der Waals surface area contributed by atoms with E-state index in [0.29, 0.717) is 22.0 Å². The van der Waals surface area contributed by atoms with Crippen LogP contribution in [0.2, 0.25) is 10.0 Å². The summed E-state index contributed by atoms with van der Waals surface area (Å²) >= 11 is 18.0. The highest BCUT2D eigenvalue weighted by molar-refractivity contribution is 6.35. The van der Waals surface area contributed by atoms with Gasteiger partial charge in [0.1, 0.15) is 0 Å². The van der Waals surface area contributed by atoms with Crippen molar-refractivity contribution in [1.82, 2.24) is 4.98 Å². The molecule has 0 aliphatic heterocycles.